The highest BCUT2D eigenvalue weighted by Gasteiger charge is 2.68. The summed E-state index contributed by atoms with van der Waals surface area (Å²) in [5.41, 5.74) is 7.07. The van der Waals surface area contributed by atoms with Gasteiger partial charge in [0.25, 0.3) is 0 Å². The molecule has 1 saturated heterocycles. The number of nitrogens with zero attached hydrogens (tertiary/aromatic N) is 3. The van der Waals surface area contributed by atoms with Gasteiger partial charge in [-0.25, -0.2) is 9.59 Å². The first-order chi connectivity index (χ1) is 28.0. The van der Waals surface area contributed by atoms with Crippen LogP contribution in [0.5, 0.6) is 0 Å². The molecule has 5 aromatic rings. The maximum Gasteiger partial charge on any atom is 0.490 e. The van der Waals surface area contributed by atoms with E-state index in [1.165, 1.54) is 24.4 Å². The predicted molar refractivity (Wildman–Crippen MR) is 204 cm³/mol. The van der Waals surface area contributed by atoms with E-state index in [1.807, 2.05) is 30.3 Å². The van der Waals surface area contributed by atoms with E-state index in [9.17, 15) is 32.3 Å². The van der Waals surface area contributed by atoms with Gasteiger partial charge in [0.2, 0.25) is 17.4 Å². The fraction of sp³-hybridized carbons (Fsp3) is 0.200. The Labute approximate surface area is 330 Å². The molecule has 2 amide bonds. The van der Waals surface area contributed by atoms with Gasteiger partial charge in [0, 0.05) is 41.9 Å². The highest BCUT2D eigenvalue weighted by molar-refractivity contribution is 6.08. The maximum absolute atomic E-state index is 14.8. The van der Waals surface area contributed by atoms with Gasteiger partial charge in [-0.3, -0.25) is 24.5 Å². The lowest BCUT2D eigenvalue weighted by Crippen LogP contribution is -2.44. The van der Waals surface area contributed by atoms with E-state index < -0.39 is 59.2 Å². The Morgan fingerprint density at radius 3 is 2.00 bits per heavy atom. The molecule has 3 heterocycles. The average molecular weight is 785 g/mol. The smallest absolute Gasteiger partial charge is 0.460 e. The zero-order valence-corrected chi connectivity index (χ0v) is 30.7. The molecule has 3 aromatic carbocycles. The number of allylic oxidation sites excluding steroid dienone is 2. The summed E-state index contributed by atoms with van der Waals surface area (Å²) < 4.78 is 54.3. The Morgan fingerprint density at radius 1 is 0.741 bits per heavy atom. The van der Waals surface area contributed by atoms with Crippen molar-refractivity contribution in [1.29, 1.82) is 0 Å². The summed E-state index contributed by atoms with van der Waals surface area (Å²) >= 11 is 0. The number of imide groups is 1. The third kappa shape index (κ3) is 6.56. The lowest BCUT2D eigenvalue weighted by molar-refractivity contribution is -0.210. The van der Waals surface area contributed by atoms with Crippen LogP contribution < -0.4 is 5.73 Å². The summed E-state index contributed by atoms with van der Waals surface area (Å²) in [5, 5.41) is 0. The molecule has 2 fully saturated rings. The van der Waals surface area contributed by atoms with Gasteiger partial charge in [-0.1, -0.05) is 91.0 Å². The molecule has 58 heavy (non-hydrogen) atoms. The average Bonchev–Trinajstić information content (AvgIpc) is 3.86. The molecule has 292 valence electrons. The largest absolute Gasteiger partial charge is 0.490 e. The summed E-state index contributed by atoms with van der Waals surface area (Å²) in [7, 11) is 0. The van der Waals surface area contributed by atoms with Crippen LogP contribution in [-0.2, 0) is 36.0 Å². The highest BCUT2D eigenvalue weighted by Crippen LogP contribution is 2.65. The molecule has 0 radical (unpaired) electrons. The van der Waals surface area contributed by atoms with Crippen molar-refractivity contribution in [3.05, 3.63) is 185 Å². The topological polar surface area (TPSA) is 142 Å². The van der Waals surface area contributed by atoms with Gasteiger partial charge in [0.05, 0.1) is 35.3 Å². The number of nitrogens with two attached hydrogens (primary N) is 1. The number of hydrogen-bond donors (Lipinski definition) is 1. The Kier molecular flexibility index (Phi) is 10.1. The standard InChI is InChI=1S/C45H35F3N4O6/c46-45(47,48)43(56)58-44(30-13-5-2-6-14-30,34-16-8-10-22-51-34)32-25-31-36(35(28-11-3-1-4-12-28)33-15-7-9-21-50-33)38(32)39-37(31)40(53)52(41(39)54)23-24-57-42(55)29-19-17-27(26-49)18-20-29/h1-22,25,31,37-39H,23-24,26,49H2. The number of halogens is 3. The molecule has 5 unspecified atom stereocenters. The van der Waals surface area contributed by atoms with Crippen LogP contribution in [0, 0.1) is 23.7 Å². The van der Waals surface area contributed by atoms with Gasteiger partial charge in [-0.2, -0.15) is 13.2 Å². The van der Waals surface area contributed by atoms with Crippen molar-refractivity contribution in [2.24, 2.45) is 29.4 Å². The monoisotopic (exact) mass is 784 g/mol. The van der Waals surface area contributed by atoms with Crippen molar-refractivity contribution in [3.8, 4) is 0 Å². The predicted octanol–water partition coefficient (Wildman–Crippen LogP) is 6.43. The van der Waals surface area contributed by atoms with Gasteiger partial charge in [-0.05, 0) is 58.7 Å². The molecule has 13 heteroatoms. The molecule has 0 spiro atoms. The van der Waals surface area contributed by atoms with Crippen LogP contribution in [0.15, 0.2) is 151 Å². The summed E-state index contributed by atoms with van der Waals surface area (Å²) in [6, 6.07) is 33.6. The van der Waals surface area contributed by atoms with Gasteiger partial charge in [0.15, 0.2) is 0 Å². The van der Waals surface area contributed by atoms with Gasteiger partial charge in [-0.15, -0.1) is 0 Å². The normalized spacial score (nSPS) is 21.6. The molecule has 2 aromatic heterocycles. The summed E-state index contributed by atoms with van der Waals surface area (Å²) in [6.45, 7) is -0.273. The number of ether oxygens (including phenoxy) is 2. The fourth-order valence-corrected chi connectivity index (χ4v) is 8.57. The van der Waals surface area contributed by atoms with E-state index in [1.54, 1.807) is 85.1 Å². The van der Waals surface area contributed by atoms with E-state index in [2.05, 4.69) is 9.97 Å². The molecular weight excluding hydrogens is 750 g/mol. The number of fused-ring (bicyclic) bond motifs is 5. The second-order valence-corrected chi connectivity index (χ2v) is 14.1. The molecule has 2 aliphatic carbocycles. The van der Waals surface area contributed by atoms with E-state index >= 15 is 0 Å². The van der Waals surface area contributed by atoms with Crippen molar-refractivity contribution in [2.75, 3.05) is 13.2 Å². The number of pyridine rings is 2. The summed E-state index contributed by atoms with van der Waals surface area (Å²) in [4.78, 5) is 65.4. The fourth-order valence-electron chi connectivity index (χ4n) is 8.57. The second kappa shape index (κ2) is 15.3. The molecule has 10 nitrogen and oxygen atoms in total. The number of alkyl halides is 3. The van der Waals surface area contributed by atoms with Crippen LogP contribution in [-0.4, -0.2) is 57.9 Å². The van der Waals surface area contributed by atoms with Crippen molar-refractivity contribution in [3.63, 3.8) is 0 Å². The Bertz CT molecular complexity index is 2340. The number of hydrogen-bond acceptors (Lipinski definition) is 9. The van der Waals surface area contributed by atoms with Gasteiger partial charge >= 0.3 is 18.1 Å². The molecule has 2 bridgehead atoms. The van der Waals surface area contributed by atoms with Gasteiger partial charge < -0.3 is 15.2 Å². The first-order valence-electron chi connectivity index (χ1n) is 18.6. The number of carbonyl (C=O) groups excluding carboxylic acids is 4. The van der Waals surface area contributed by atoms with Crippen LogP contribution in [0.2, 0.25) is 0 Å². The second-order valence-electron chi connectivity index (χ2n) is 14.1. The molecule has 3 aliphatic rings. The number of aromatic nitrogens is 2. The lowest BCUT2D eigenvalue weighted by Gasteiger charge is -2.39. The maximum atomic E-state index is 14.8. The van der Waals surface area contributed by atoms with Crippen molar-refractivity contribution in [2.45, 2.75) is 18.3 Å². The quantitative estimate of drug-likeness (QED) is 0.0912. The minimum Gasteiger partial charge on any atom is -0.460 e. The van der Waals surface area contributed by atoms with Crippen LogP contribution >= 0.6 is 0 Å². The Hall–Kier alpha value is -6.73. The van der Waals surface area contributed by atoms with E-state index in [0.29, 0.717) is 28.9 Å². The molecule has 1 saturated carbocycles. The van der Waals surface area contributed by atoms with Crippen LogP contribution in [0.1, 0.15) is 38.4 Å². The third-order valence-electron chi connectivity index (χ3n) is 11.0. The van der Waals surface area contributed by atoms with Crippen molar-refractivity contribution >= 4 is 29.3 Å². The Balaban J connectivity index is 1.28. The number of likely N-dealkylation sites (tertiary alicyclic amines) is 1. The van der Waals surface area contributed by atoms with Crippen LogP contribution in [0.4, 0.5) is 13.2 Å². The van der Waals surface area contributed by atoms with E-state index in [0.717, 1.165) is 10.5 Å². The highest BCUT2D eigenvalue weighted by atomic mass is 19.4. The molecular formula is C45H35F3N4O6. The van der Waals surface area contributed by atoms with Crippen LogP contribution in [0.3, 0.4) is 0 Å². The zero-order valence-electron chi connectivity index (χ0n) is 30.7. The summed E-state index contributed by atoms with van der Waals surface area (Å²) in [5.74, 6) is -8.30. The van der Waals surface area contributed by atoms with E-state index in [-0.39, 0.29) is 35.5 Å². The first-order valence-corrected chi connectivity index (χ1v) is 18.6. The lowest BCUT2D eigenvalue weighted by atomic mass is 9.70. The number of amides is 2. The van der Waals surface area contributed by atoms with E-state index in [4.69, 9.17) is 15.2 Å². The van der Waals surface area contributed by atoms with Crippen molar-refractivity contribution in [1.82, 2.24) is 14.9 Å². The summed E-state index contributed by atoms with van der Waals surface area (Å²) in [6.07, 6.45) is -0.760. The number of carbonyl (C=O) groups is 4. The Morgan fingerprint density at radius 2 is 1.38 bits per heavy atom. The number of benzene rings is 3. The minimum atomic E-state index is -5.41. The number of rotatable bonds is 11. The molecule has 2 N–H and O–H groups in total. The van der Waals surface area contributed by atoms with Gasteiger partial charge in [0.1, 0.15) is 6.61 Å². The molecule has 5 atom stereocenters. The molecule has 1 aliphatic heterocycles. The first kappa shape index (κ1) is 38.2. The SMILES string of the molecule is NCc1ccc(C(=O)OCCN2C(=O)C3C4C=C(C(OC(=O)C(F)(F)F)(c5ccccc5)c5ccccn5)C(C4=C(c4ccccc4)c4ccccn4)C3C2=O)cc1. The molecule has 8 rings (SSSR count). The zero-order chi connectivity index (χ0) is 40.6. The third-order valence-corrected chi connectivity index (χ3v) is 11.0. The van der Waals surface area contributed by atoms with Crippen LogP contribution in [0.25, 0.3) is 5.57 Å². The number of esters is 2. The van der Waals surface area contributed by atoms with Crippen molar-refractivity contribution < 1.29 is 41.8 Å². The minimum absolute atomic E-state index is 0.0346.